The summed E-state index contributed by atoms with van der Waals surface area (Å²) >= 11 is 0. The van der Waals surface area contributed by atoms with Gasteiger partial charge < -0.3 is 0 Å². The van der Waals surface area contributed by atoms with Gasteiger partial charge in [0.1, 0.15) is 0 Å². The Bertz CT molecular complexity index is 427. The van der Waals surface area contributed by atoms with Crippen molar-refractivity contribution in [2.24, 2.45) is 0 Å². The summed E-state index contributed by atoms with van der Waals surface area (Å²) in [6.45, 7) is 6.19. The fourth-order valence-electron chi connectivity index (χ4n) is 1.73. The van der Waals surface area contributed by atoms with Gasteiger partial charge in [0.05, 0.1) is 0 Å². The van der Waals surface area contributed by atoms with Gasteiger partial charge in [0.15, 0.2) is 0 Å². The Hall–Kier alpha value is -1.56. The fraction of sp³-hybridized carbons (Fsp3) is 0.133. The van der Waals surface area contributed by atoms with Gasteiger partial charge in [0.2, 0.25) is 0 Å². The van der Waals surface area contributed by atoms with Crippen LogP contribution in [0.1, 0.15) is 18.4 Å². The highest BCUT2D eigenvalue weighted by atomic mass is 14.1. The SMILES string of the molecule is [CH2]C(C)c1ccccc1-c1[c]cccc1. The second-order valence-corrected chi connectivity index (χ2v) is 3.76. The van der Waals surface area contributed by atoms with Crippen molar-refractivity contribution in [2.45, 2.75) is 12.8 Å². The predicted molar refractivity (Wildman–Crippen MR) is 64.5 cm³/mol. The van der Waals surface area contributed by atoms with Gasteiger partial charge in [-0.05, 0) is 35.6 Å². The molecule has 0 saturated carbocycles. The molecule has 2 radical (unpaired) electrons. The number of hydrogen-bond donors (Lipinski definition) is 0. The molecule has 74 valence electrons. The highest BCUT2D eigenvalue weighted by molar-refractivity contribution is 5.67. The molecule has 0 heteroatoms. The lowest BCUT2D eigenvalue weighted by atomic mass is 9.93. The second-order valence-electron chi connectivity index (χ2n) is 3.76. The topological polar surface area (TPSA) is 0 Å². The van der Waals surface area contributed by atoms with Gasteiger partial charge in [-0.15, -0.1) is 0 Å². The minimum absolute atomic E-state index is 0.301. The van der Waals surface area contributed by atoms with Crippen LogP contribution in [0.3, 0.4) is 0 Å². The van der Waals surface area contributed by atoms with E-state index in [1.165, 1.54) is 11.1 Å². The highest BCUT2D eigenvalue weighted by Gasteiger charge is 2.06. The van der Waals surface area contributed by atoms with Crippen LogP contribution >= 0.6 is 0 Å². The molecule has 0 amide bonds. The van der Waals surface area contributed by atoms with Gasteiger partial charge in [-0.2, -0.15) is 0 Å². The zero-order chi connectivity index (χ0) is 10.7. The molecule has 0 nitrogen and oxygen atoms in total. The third kappa shape index (κ3) is 2.10. The van der Waals surface area contributed by atoms with Crippen molar-refractivity contribution < 1.29 is 0 Å². The van der Waals surface area contributed by atoms with Gasteiger partial charge in [-0.3, -0.25) is 0 Å². The van der Waals surface area contributed by atoms with E-state index in [0.717, 1.165) is 5.56 Å². The summed E-state index contributed by atoms with van der Waals surface area (Å²) < 4.78 is 0. The van der Waals surface area contributed by atoms with Crippen molar-refractivity contribution >= 4 is 0 Å². The average Bonchev–Trinajstić information content (AvgIpc) is 2.30. The van der Waals surface area contributed by atoms with Gasteiger partial charge in [-0.1, -0.05) is 55.5 Å². The van der Waals surface area contributed by atoms with Crippen LogP contribution in [0.2, 0.25) is 0 Å². The molecule has 1 unspecified atom stereocenters. The van der Waals surface area contributed by atoms with E-state index < -0.39 is 0 Å². The lowest BCUT2D eigenvalue weighted by molar-refractivity contribution is 0.967. The predicted octanol–water partition coefficient (Wildman–Crippen LogP) is 4.09. The van der Waals surface area contributed by atoms with Crippen LogP contribution in [-0.4, -0.2) is 0 Å². The van der Waals surface area contributed by atoms with Crippen LogP contribution in [0, 0.1) is 13.0 Å². The lowest BCUT2D eigenvalue weighted by Gasteiger charge is -2.12. The Balaban J connectivity index is 2.53. The Labute approximate surface area is 91.6 Å². The van der Waals surface area contributed by atoms with Crippen molar-refractivity contribution in [3.8, 4) is 11.1 Å². The number of benzene rings is 2. The molecule has 0 bridgehead atoms. The Morgan fingerprint density at radius 3 is 2.47 bits per heavy atom. The van der Waals surface area contributed by atoms with E-state index in [9.17, 15) is 0 Å². The molecule has 0 heterocycles. The quantitative estimate of drug-likeness (QED) is 0.675. The highest BCUT2D eigenvalue weighted by Crippen LogP contribution is 2.27. The van der Waals surface area contributed by atoms with E-state index >= 15 is 0 Å². The summed E-state index contributed by atoms with van der Waals surface area (Å²) in [5.41, 5.74) is 3.66. The first-order chi connectivity index (χ1) is 7.29. The minimum atomic E-state index is 0.301. The molecule has 0 aromatic heterocycles. The van der Waals surface area contributed by atoms with E-state index in [2.05, 4.69) is 50.2 Å². The van der Waals surface area contributed by atoms with Crippen molar-refractivity contribution in [2.75, 3.05) is 0 Å². The number of hydrogen-bond acceptors (Lipinski definition) is 0. The van der Waals surface area contributed by atoms with Gasteiger partial charge in [0.25, 0.3) is 0 Å². The normalized spacial score (nSPS) is 10.6. The minimum Gasteiger partial charge on any atom is -0.0619 e. The smallest absolute Gasteiger partial charge is 0.00991 e. The van der Waals surface area contributed by atoms with Gasteiger partial charge in [-0.25, -0.2) is 0 Å². The average molecular weight is 194 g/mol. The molecule has 0 aliphatic heterocycles. The van der Waals surface area contributed by atoms with Gasteiger partial charge >= 0.3 is 0 Å². The summed E-state index contributed by atoms with van der Waals surface area (Å²) in [5.74, 6) is 0.301. The van der Waals surface area contributed by atoms with Crippen LogP contribution in [0.15, 0.2) is 48.5 Å². The zero-order valence-electron chi connectivity index (χ0n) is 8.90. The molecule has 0 N–H and O–H groups in total. The molecule has 2 aromatic carbocycles. The molecular weight excluding hydrogens is 180 g/mol. The maximum Gasteiger partial charge on any atom is -0.00991 e. The Kier molecular flexibility index (Phi) is 2.86. The van der Waals surface area contributed by atoms with Crippen LogP contribution in [0.25, 0.3) is 11.1 Å². The molecule has 2 rings (SSSR count). The molecular formula is C15H14. The van der Waals surface area contributed by atoms with E-state index in [4.69, 9.17) is 0 Å². The lowest BCUT2D eigenvalue weighted by Crippen LogP contribution is -1.91. The summed E-state index contributed by atoms with van der Waals surface area (Å²) in [6.07, 6.45) is 0. The van der Waals surface area contributed by atoms with Crippen LogP contribution in [-0.2, 0) is 0 Å². The molecule has 0 fully saturated rings. The van der Waals surface area contributed by atoms with Crippen molar-refractivity contribution in [1.29, 1.82) is 0 Å². The fourth-order valence-corrected chi connectivity index (χ4v) is 1.73. The Morgan fingerprint density at radius 2 is 1.80 bits per heavy atom. The molecule has 1 atom stereocenters. The third-order valence-corrected chi connectivity index (χ3v) is 2.49. The summed E-state index contributed by atoms with van der Waals surface area (Å²) in [7, 11) is 0. The monoisotopic (exact) mass is 194 g/mol. The molecule has 0 aliphatic rings. The molecule has 0 spiro atoms. The van der Waals surface area contributed by atoms with Crippen LogP contribution < -0.4 is 0 Å². The largest absolute Gasteiger partial charge is 0.0619 e. The maximum absolute atomic E-state index is 4.08. The first-order valence-corrected chi connectivity index (χ1v) is 5.18. The summed E-state index contributed by atoms with van der Waals surface area (Å²) in [6, 6.07) is 19.7. The standard InChI is InChI=1S/C15H14/c1-12(2)14-10-6-7-11-15(14)13-8-4-3-5-9-13/h3-8,10-12H,1H2,2H3. The van der Waals surface area contributed by atoms with Crippen LogP contribution in [0.4, 0.5) is 0 Å². The maximum atomic E-state index is 4.08. The van der Waals surface area contributed by atoms with E-state index in [1.807, 2.05) is 18.2 Å². The molecule has 15 heavy (non-hydrogen) atoms. The third-order valence-electron chi connectivity index (χ3n) is 2.49. The first-order valence-electron chi connectivity index (χ1n) is 5.18. The molecule has 0 aliphatic carbocycles. The molecule has 2 aromatic rings. The molecule has 0 saturated heterocycles. The zero-order valence-corrected chi connectivity index (χ0v) is 8.90. The van der Waals surface area contributed by atoms with Crippen molar-refractivity contribution in [1.82, 2.24) is 0 Å². The van der Waals surface area contributed by atoms with E-state index in [1.54, 1.807) is 0 Å². The summed E-state index contributed by atoms with van der Waals surface area (Å²) in [4.78, 5) is 0. The number of rotatable bonds is 2. The van der Waals surface area contributed by atoms with Crippen molar-refractivity contribution in [3.05, 3.63) is 67.1 Å². The van der Waals surface area contributed by atoms with E-state index in [-0.39, 0.29) is 0 Å². The Morgan fingerprint density at radius 1 is 1.07 bits per heavy atom. The first kappa shape index (κ1) is 9.97. The summed E-state index contributed by atoms with van der Waals surface area (Å²) in [5, 5.41) is 0. The van der Waals surface area contributed by atoms with Gasteiger partial charge in [0, 0.05) is 0 Å². The van der Waals surface area contributed by atoms with E-state index in [0.29, 0.717) is 5.92 Å². The second kappa shape index (κ2) is 4.31. The van der Waals surface area contributed by atoms with Crippen LogP contribution in [0.5, 0.6) is 0 Å². The van der Waals surface area contributed by atoms with Crippen molar-refractivity contribution in [3.63, 3.8) is 0 Å².